The standard InChI is InChI=1S/C9H11ClN2O2/c10-7-1-2-9(14-7)12-6-5-11-4-3-8(12)13/h1-2,11H,3-6H2. The van der Waals surface area contributed by atoms with E-state index >= 15 is 0 Å². The quantitative estimate of drug-likeness (QED) is 0.766. The highest BCUT2D eigenvalue weighted by Gasteiger charge is 2.20. The third kappa shape index (κ3) is 1.91. The highest BCUT2D eigenvalue weighted by atomic mass is 35.5. The lowest BCUT2D eigenvalue weighted by Gasteiger charge is -2.16. The number of nitrogens with zero attached hydrogens (tertiary/aromatic N) is 1. The molecule has 1 aromatic rings. The molecular weight excluding hydrogens is 204 g/mol. The van der Waals surface area contributed by atoms with Gasteiger partial charge in [-0.15, -0.1) is 0 Å². The van der Waals surface area contributed by atoms with Crippen molar-refractivity contribution in [2.45, 2.75) is 6.42 Å². The number of carbonyl (C=O) groups excluding carboxylic acids is 1. The number of halogens is 1. The number of carbonyl (C=O) groups is 1. The van der Waals surface area contributed by atoms with Gasteiger partial charge in [0, 0.05) is 32.1 Å². The van der Waals surface area contributed by atoms with E-state index in [4.69, 9.17) is 16.0 Å². The van der Waals surface area contributed by atoms with Gasteiger partial charge in [0.15, 0.2) is 5.22 Å². The number of anilines is 1. The van der Waals surface area contributed by atoms with Crippen LogP contribution in [0.1, 0.15) is 6.42 Å². The first kappa shape index (κ1) is 9.55. The highest BCUT2D eigenvalue weighted by molar-refractivity contribution is 6.29. The van der Waals surface area contributed by atoms with E-state index in [1.807, 2.05) is 0 Å². The third-order valence-corrected chi connectivity index (χ3v) is 2.36. The van der Waals surface area contributed by atoms with Crippen molar-refractivity contribution < 1.29 is 9.21 Å². The second-order valence-corrected chi connectivity index (χ2v) is 3.50. The second-order valence-electron chi connectivity index (χ2n) is 3.12. The fraction of sp³-hybridized carbons (Fsp3) is 0.444. The first-order chi connectivity index (χ1) is 6.77. The van der Waals surface area contributed by atoms with Crippen molar-refractivity contribution in [3.8, 4) is 0 Å². The molecule has 1 amide bonds. The molecule has 1 aliphatic rings. The van der Waals surface area contributed by atoms with Gasteiger partial charge in [0.2, 0.25) is 11.8 Å². The van der Waals surface area contributed by atoms with Crippen LogP contribution < -0.4 is 10.2 Å². The SMILES string of the molecule is O=C1CCNCCN1c1ccc(Cl)o1. The summed E-state index contributed by atoms with van der Waals surface area (Å²) in [7, 11) is 0. The number of hydrogen-bond donors (Lipinski definition) is 1. The molecule has 1 fully saturated rings. The van der Waals surface area contributed by atoms with Gasteiger partial charge in [-0.05, 0) is 17.7 Å². The lowest BCUT2D eigenvalue weighted by Crippen LogP contribution is -2.31. The van der Waals surface area contributed by atoms with Crippen LogP contribution in [0.5, 0.6) is 0 Å². The van der Waals surface area contributed by atoms with Crippen LogP contribution in [-0.4, -0.2) is 25.5 Å². The van der Waals surface area contributed by atoms with Crippen LogP contribution >= 0.6 is 11.6 Å². The average molecular weight is 215 g/mol. The zero-order valence-electron chi connectivity index (χ0n) is 7.62. The van der Waals surface area contributed by atoms with E-state index in [1.165, 1.54) is 0 Å². The van der Waals surface area contributed by atoms with Gasteiger partial charge in [0.05, 0.1) is 0 Å². The average Bonchev–Trinajstić information content (AvgIpc) is 2.46. The summed E-state index contributed by atoms with van der Waals surface area (Å²) in [5, 5.41) is 3.46. The van der Waals surface area contributed by atoms with Crippen molar-refractivity contribution in [2.75, 3.05) is 24.5 Å². The minimum absolute atomic E-state index is 0.0704. The van der Waals surface area contributed by atoms with Crippen LogP contribution in [0.3, 0.4) is 0 Å². The minimum Gasteiger partial charge on any atom is -0.429 e. The Bertz CT molecular complexity index is 337. The molecular formula is C9H11ClN2O2. The molecule has 0 spiro atoms. The fourth-order valence-corrected chi connectivity index (χ4v) is 1.60. The van der Waals surface area contributed by atoms with Crippen LogP contribution in [0, 0.1) is 0 Å². The monoisotopic (exact) mass is 214 g/mol. The molecule has 5 heteroatoms. The predicted molar refractivity (Wildman–Crippen MR) is 53.6 cm³/mol. The largest absolute Gasteiger partial charge is 0.429 e. The van der Waals surface area contributed by atoms with Crippen molar-refractivity contribution >= 4 is 23.4 Å². The fourth-order valence-electron chi connectivity index (χ4n) is 1.45. The van der Waals surface area contributed by atoms with Crippen LogP contribution in [0.4, 0.5) is 5.88 Å². The molecule has 2 rings (SSSR count). The minimum atomic E-state index is 0.0704. The van der Waals surface area contributed by atoms with E-state index in [-0.39, 0.29) is 5.91 Å². The van der Waals surface area contributed by atoms with Crippen molar-refractivity contribution in [3.05, 3.63) is 17.4 Å². The molecule has 1 aliphatic heterocycles. The molecule has 4 nitrogen and oxygen atoms in total. The molecule has 76 valence electrons. The van der Waals surface area contributed by atoms with Gasteiger partial charge in [0.1, 0.15) is 0 Å². The van der Waals surface area contributed by atoms with Gasteiger partial charge in [-0.25, -0.2) is 0 Å². The van der Waals surface area contributed by atoms with Crippen molar-refractivity contribution in [2.24, 2.45) is 0 Å². The number of furan rings is 1. The summed E-state index contributed by atoms with van der Waals surface area (Å²) in [6, 6.07) is 3.36. The maximum Gasteiger partial charge on any atom is 0.230 e. The molecule has 2 heterocycles. The van der Waals surface area contributed by atoms with Crippen LogP contribution in [-0.2, 0) is 4.79 Å². The van der Waals surface area contributed by atoms with E-state index in [9.17, 15) is 4.79 Å². The number of hydrogen-bond acceptors (Lipinski definition) is 3. The van der Waals surface area contributed by atoms with Crippen LogP contribution in [0.15, 0.2) is 16.5 Å². The Balaban J connectivity index is 2.18. The summed E-state index contributed by atoms with van der Waals surface area (Å²) in [4.78, 5) is 13.2. The van der Waals surface area contributed by atoms with Crippen LogP contribution in [0.2, 0.25) is 5.22 Å². The molecule has 0 atom stereocenters. The zero-order valence-corrected chi connectivity index (χ0v) is 8.38. The number of nitrogens with one attached hydrogen (secondary N) is 1. The third-order valence-electron chi connectivity index (χ3n) is 2.15. The summed E-state index contributed by atoms with van der Waals surface area (Å²) < 4.78 is 5.19. The van der Waals surface area contributed by atoms with Gasteiger partial charge in [-0.2, -0.15) is 0 Å². The Morgan fingerprint density at radius 1 is 1.43 bits per heavy atom. The topological polar surface area (TPSA) is 45.5 Å². The van der Waals surface area contributed by atoms with E-state index < -0.39 is 0 Å². The molecule has 0 bridgehead atoms. The summed E-state index contributed by atoms with van der Waals surface area (Å²) in [5.41, 5.74) is 0. The molecule has 0 radical (unpaired) electrons. The Labute approximate surface area is 86.8 Å². The Kier molecular flexibility index (Phi) is 2.74. The molecule has 0 aromatic carbocycles. The van der Waals surface area contributed by atoms with Gasteiger partial charge in [-0.3, -0.25) is 9.69 Å². The Morgan fingerprint density at radius 3 is 3.00 bits per heavy atom. The van der Waals surface area contributed by atoms with Gasteiger partial charge >= 0.3 is 0 Å². The van der Waals surface area contributed by atoms with E-state index in [2.05, 4.69) is 5.32 Å². The molecule has 1 N–H and O–H groups in total. The van der Waals surface area contributed by atoms with Gasteiger partial charge in [0.25, 0.3) is 0 Å². The molecule has 0 saturated carbocycles. The summed E-state index contributed by atoms with van der Waals surface area (Å²) in [6.45, 7) is 2.14. The van der Waals surface area contributed by atoms with Crippen LogP contribution in [0.25, 0.3) is 0 Å². The molecule has 0 unspecified atom stereocenters. The molecule has 1 saturated heterocycles. The lowest BCUT2D eigenvalue weighted by atomic mass is 10.4. The summed E-state index contributed by atoms with van der Waals surface area (Å²) >= 11 is 5.65. The highest BCUT2D eigenvalue weighted by Crippen LogP contribution is 2.22. The smallest absolute Gasteiger partial charge is 0.230 e. The van der Waals surface area contributed by atoms with Crippen molar-refractivity contribution in [1.29, 1.82) is 0 Å². The Morgan fingerprint density at radius 2 is 2.29 bits per heavy atom. The van der Waals surface area contributed by atoms with Gasteiger partial charge < -0.3 is 9.73 Å². The zero-order chi connectivity index (χ0) is 9.97. The first-order valence-corrected chi connectivity index (χ1v) is 4.91. The summed E-state index contributed by atoms with van der Waals surface area (Å²) in [5.74, 6) is 0.602. The Hall–Kier alpha value is -1.00. The number of rotatable bonds is 1. The van der Waals surface area contributed by atoms with E-state index in [1.54, 1.807) is 17.0 Å². The summed E-state index contributed by atoms with van der Waals surface area (Å²) in [6.07, 6.45) is 0.498. The lowest BCUT2D eigenvalue weighted by molar-refractivity contribution is -0.118. The maximum absolute atomic E-state index is 11.6. The molecule has 1 aromatic heterocycles. The van der Waals surface area contributed by atoms with E-state index in [0.717, 1.165) is 13.1 Å². The first-order valence-electron chi connectivity index (χ1n) is 4.54. The van der Waals surface area contributed by atoms with E-state index in [0.29, 0.717) is 24.1 Å². The maximum atomic E-state index is 11.6. The molecule has 0 aliphatic carbocycles. The molecule has 14 heavy (non-hydrogen) atoms. The predicted octanol–water partition coefficient (Wildman–Crippen LogP) is 1.26. The second kappa shape index (κ2) is 4.02. The van der Waals surface area contributed by atoms with Gasteiger partial charge in [-0.1, -0.05) is 0 Å². The number of amides is 1. The normalized spacial score (nSPS) is 18.4. The van der Waals surface area contributed by atoms with Crippen molar-refractivity contribution in [1.82, 2.24) is 5.32 Å². The van der Waals surface area contributed by atoms with Crippen molar-refractivity contribution in [3.63, 3.8) is 0 Å².